The van der Waals surface area contributed by atoms with Gasteiger partial charge in [0.05, 0.1) is 13.0 Å². The summed E-state index contributed by atoms with van der Waals surface area (Å²) in [5, 5.41) is 0. The van der Waals surface area contributed by atoms with Crippen molar-refractivity contribution in [3.05, 3.63) is 0 Å². The van der Waals surface area contributed by atoms with Crippen LogP contribution in [0.2, 0.25) is 0 Å². The Morgan fingerprint density at radius 3 is 2.47 bits per heavy atom. The lowest BCUT2D eigenvalue weighted by Gasteiger charge is -2.37. The topological polar surface area (TPSA) is 44.3 Å². The second-order valence-corrected chi connectivity index (χ2v) is 8.19. The van der Waals surface area contributed by atoms with Gasteiger partial charge in [0, 0.05) is 18.0 Å². The fourth-order valence-corrected chi connectivity index (χ4v) is 3.32. The summed E-state index contributed by atoms with van der Waals surface area (Å²) in [7, 11) is 0. The minimum atomic E-state index is -1.17. The summed E-state index contributed by atoms with van der Waals surface area (Å²) in [4.78, 5) is 0. The van der Waals surface area contributed by atoms with E-state index in [1.165, 1.54) is 0 Å². The number of hydrogen-bond donors (Lipinski definition) is 1. The molecule has 100 valence electrons. The molecule has 1 atom stereocenters. The van der Waals surface area contributed by atoms with Crippen molar-refractivity contribution in [2.45, 2.75) is 75.7 Å². The summed E-state index contributed by atoms with van der Waals surface area (Å²) in [5.74, 6) is 0. The summed E-state index contributed by atoms with van der Waals surface area (Å²) in [6, 6.07) is -0.741. The molecule has 1 saturated carbocycles. The third kappa shape index (κ3) is 3.37. The van der Waals surface area contributed by atoms with Gasteiger partial charge in [-0.05, 0) is 59.3 Å². The van der Waals surface area contributed by atoms with Crippen LogP contribution < -0.4 is 4.72 Å². The Kier molecular flexibility index (Phi) is 3.67. The largest absolute Gasteiger partial charge is 0.598 e. The molecule has 1 aliphatic heterocycles. The quantitative estimate of drug-likeness (QED) is 0.776. The van der Waals surface area contributed by atoms with E-state index in [2.05, 4.69) is 4.72 Å². The fraction of sp³-hybridized carbons (Fsp3) is 1.00. The molecule has 0 radical (unpaired) electrons. The summed E-state index contributed by atoms with van der Waals surface area (Å²) >= 11 is -1.17. The van der Waals surface area contributed by atoms with Crippen LogP contribution in [0.4, 0.5) is 0 Å². The molecule has 2 aliphatic rings. The predicted octanol–water partition coefficient (Wildman–Crippen LogP) is 2.53. The van der Waals surface area contributed by atoms with E-state index in [1.807, 2.05) is 20.8 Å². The molecule has 2 fully saturated rings. The van der Waals surface area contributed by atoms with Crippen LogP contribution in [0.1, 0.15) is 60.7 Å². The molecule has 1 N–H and O–H groups in total. The third-order valence-electron chi connectivity index (χ3n) is 3.74. The third-order valence-corrected chi connectivity index (χ3v) is 5.33. The lowest BCUT2D eigenvalue weighted by molar-refractivity contribution is -0.0286. The monoisotopic (exact) mass is 260 g/mol. The minimum Gasteiger partial charge on any atom is -0.598 e. The van der Waals surface area contributed by atoms with Gasteiger partial charge < -0.3 is 9.29 Å². The van der Waals surface area contributed by atoms with Crippen molar-refractivity contribution < 1.29 is 10.7 Å². The average Bonchev–Trinajstić information content (AvgIpc) is 2.71. The molecule has 1 heterocycles. The number of nitrogens with one attached hydrogen (secondary N) is 1. The smallest absolute Gasteiger partial charge is 0.136 e. The summed E-state index contributed by atoms with van der Waals surface area (Å²) in [6.45, 7) is 6.67. The molecule has 4 heteroatoms. The number of hydrogen-bond acceptors (Lipinski definition) is 3. The van der Waals surface area contributed by atoms with Gasteiger partial charge in [0.15, 0.2) is 0 Å². The first-order valence-corrected chi connectivity index (χ1v) is 7.74. The van der Waals surface area contributed by atoms with Crippen LogP contribution in [0.5, 0.6) is 0 Å². The van der Waals surface area contributed by atoms with E-state index < -0.39 is 17.4 Å². The SMILES string of the molecule is [2H]C1(N[S@+]([O-])C(C)(C)C)CCC2(CCCO2)CC1. The van der Waals surface area contributed by atoms with Crippen LogP contribution in [-0.4, -0.2) is 27.5 Å². The summed E-state index contributed by atoms with van der Waals surface area (Å²) < 4.78 is 29.1. The molecular weight excluding hydrogens is 234 g/mol. The maximum absolute atomic E-state index is 12.1. The molecule has 1 saturated heterocycles. The average molecular weight is 260 g/mol. The minimum absolute atomic E-state index is 0.0372. The van der Waals surface area contributed by atoms with E-state index in [0.29, 0.717) is 0 Å². The zero-order valence-corrected chi connectivity index (χ0v) is 12.0. The Morgan fingerprint density at radius 2 is 2.00 bits per heavy atom. The molecule has 0 aromatic carbocycles. The van der Waals surface area contributed by atoms with Gasteiger partial charge in [-0.25, -0.2) is 0 Å². The number of ether oxygens (including phenoxy) is 1. The van der Waals surface area contributed by atoms with Crippen LogP contribution in [0.25, 0.3) is 0 Å². The molecule has 17 heavy (non-hydrogen) atoms. The molecule has 0 bridgehead atoms. The zero-order chi connectivity index (χ0) is 13.4. The van der Waals surface area contributed by atoms with Crippen molar-refractivity contribution >= 4 is 11.4 Å². The van der Waals surface area contributed by atoms with Gasteiger partial charge in [0.25, 0.3) is 0 Å². The van der Waals surface area contributed by atoms with E-state index in [1.54, 1.807) is 0 Å². The maximum Gasteiger partial charge on any atom is 0.136 e. The van der Waals surface area contributed by atoms with Crippen molar-refractivity contribution in [3.8, 4) is 0 Å². The van der Waals surface area contributed by atoms with Crippen LogP contribution in [-0.2, 0) is 16.1 Å². The first-order valence-electron chi connectivity index (χ1n) is 7.09. The van der Waals surface area contributed by atoms with Crippen molar-refractivity contribution in [2.75, 3.05) is 6.61 Å². The first kappa shape index (κ1) is 12.3. The van der Waals surface area contributed by atoms with Gasteiger partial charge in [0.1, 0.15) is 4.75 Å². The number of rotatable bonds is 2. The van der Waals surface area contributed by atoms with Crippen molar-refractivity contribution in [3.63, 3.8) is 0 Å². The van der Waals surface area contributed by atoms with Gasteiger partial charge >= 0.3 is 0 Å². The molecule has 0 aromatic heterocycles. The Morgan fingerprint density at radius 1 is 1.35 bits per heavy atom. The van der Waals surface area contributed by atoms with E-state index in [4.69, 9.17) is 6.11 Å². The zero-order valence-electron chi connectivity index (χ0n) is 12.2. The fourth-order valence-electron chi connectivity index (χ4n) is 2.54. The highest BCUT2D eigenvalue weighted by Gasteiger charge is 2.40. The van der Waals surface area contributed by atoms with E-state index in [9.17, 15) is 4.55 Å². The second-order valence-electron chi connectivity index (χ2n) is 6.22. The summed E-state index contributed by atoms with van der Waals surface area (Å²) in [5.41, 5.74) is 0.0372. The van der Waals surface area contributed by atoms with Crippen molar-refractivity contribution in [1.29, 1.82) is 0 Å². The Hall–Kier alpha value is 0.230. The van der Waals surface area contributed by atoms with Crippen LogP contribution in [0, 0.1) is 0 Å². The Labute approximate surface area is 109 Å². The molecule has 1 spiro atoms. The highest BCUT2D eigenvalue weighted by Crippen LogP contribution is 2.39. The normalized spacial score (nSPS) is 41.5. The highest BCUT2D eigenvalue weighted by molar-refractivity contribution is 7.90. The maximum atomic E-state index is 12.1. The molecule has 0 aromatic rings. The van der Waals surface area contributed by atoms with Gasteiger partial charge in [0.2, 0.25) is 0 Å². The molecule has 0 amide bonds. The van der Waals surface area contributed by atoms with Gasteiger partial charge in [-0.3, -0.25) is 0 Å². The Bertz CT molecular complexity index is 290. The molecule has 2 rings (SSSR count). The lowest BCUT2D eigenvalue weighted by atomic mass is 9.81. The predicted molar refractivity (Wildman–Crippen MR) is 71.2 cm³/mol. The van der Waals surface area contributed by atoms with E-state index >= 15 is 0 Å². The van der Waals surface area contributed by atoms with E-state index in [0.717, 1.165) is 45.1 Å². The lowest BCUT2D eigenvalue weighted by Crippen LogP contribution is -2.48. The molecular formula is C13H25NO2S. The van der Waals surface area contributed by atoms with Crippen molar-refractivity contribution in [1.82, 2.24) is 4.72 Å². The first-order chi connectivity index (χ1) is 8.25. The standard InChI is InChI=1S/C13H25NO2S/c1-12(2,3)17(15)14-11-5-8-13(9-6-11)7-4-10-16-13/h11,14H,4-10H2,1-3H3/t11?,13?,17-/m1/s1/i11D. The van der Waals surface area contributed by atoms with Gasteiger partial charge in [-0.2, -0.15) is 0 Å². The molecule has 3 nitrogen and oxygen atoms in total. The molecule has 1 aliphatic carbocycles. The van der Waals surface area contributed by atoms with Gasteiger partial charge in [-0.1, -0.05) is 0 Å². The molecule has 0 unspecified atom stereocenters. The summed E-state index contributed by atoms with van der Waals surface area (Å²) in [6.07, 6.45) is 5.58. The Balaban J connectivity index is 1.91. The van der Waals surface area contributed by atoms with Crippen LogP contribution in [0.15, 0.2) is 0 Å². The van der Waals surface area contributed by atoms with Crippen LogP contribution in [0.3, 0.4) is 0 Å². The van der Waals surface area contributed by atoms with Crippen molar-refractivity contribution in [2.24, 2.45) is 0 Å². The van der Waals surface area contributed by atoms with Gasteiger partial charge in [-0.15, -0.1) is 4.72 Å². The van der Waals surface area contributed by atoms with Crippen LogP contribution >= 0.6 is 0 Å². The second kappa shape index (κ2) is 5.08. The highest BCUT2D eigenvalue weighted by atomic mass is 32.2. The van der Waals surface area contributed by atoms with E-state index in [-0.39, 0.29) is 10.3 Å².